The highest BCUT2D eigenvalue weighted by atomic mass is 32.2. The van der Waals surface area contributed by atoms with E-state index in [1.807, 2.05) is 0 Å². The van der Waals surface area contributed by atoms with E-state index in [0.717, 1.165) is 22.5 Å². The zero-order valence-corrected chi connectivity index (χ0v) is 14.8. The third-order valence-corrected chi connectivity index (χ3v) is 5.42. The molecule has 0 radical (unpaired) electrons. The molecular formula is C16H16N3O6S-. The second kappa shape index (κ2) is 7.50. The van der Waals surface area contributed by atoms with Crippen LogP contribution in [0.15, 0.2) is 47.4 Å². The van der Waals surface area contributed by atoms with Gasteiger partial charge >= 0.3 is 0 Å². The Morgan fingerprint density at radius 2 is 1.77 bits per heavy atom. The van der Waals surface area contributed by atoms with Crippen molar-refractivity contribution in [2.45, 2.75) is 11.4 Å². The second-order valence-electron chi connectivity index (χ2n) is 5.54. The average molecular weight is 378 g/mol. The molecule has 2 rings (SSSR count). The van der Waals surface area contributed by atoms with E-state index in [1.165, 1.54) is 38.4 Å². The lowest BCUT2D eigenvalue weighted by molar-refractivity contribution is -0.385. The first-order valence-electron chi connectivity index (χ1n) is 7.38. The van der Waals surface area contributed by atoms with E-state index in [1.54, 1.807) is 0 Å². The monoisotopic (exact) mass is 378 g/mol. The number of hydrogen-bond acceptors (Lipinski definition) is 6. The number of rotatable bonds is 6. The minimum absolute atomic E-state index is 0.0413. The number of carbonyl (C=O) groups is 1. The zero-order valence-electron chi connectivity index (χ0n) is 14.0. The van der Waals surface area contributed by atoms with Crippen molar-refractivity contribution >= 4 is 21.6 Å². The lowest BCUT2D eigenvalue weighted by Gasteiger charge is -2.14. The maximum Gasteiger partial charge on any atom is 0.269 e. The number of nitro groups is 1. The molecule has 138 valence electrons. The SMILES string of the molecule is CN(C)S(=O)(=O)c1ccc(C(=O)NCc2cc([N+](=O)[O-])ccc2[O-])cc1. The van der Waals surface area contributed by atoms with Crippen molar-refractivity contribution in [1.82, 2.24) is 9.62 Å². The summed E-state index contributed by atoms with van der Waals surface area (Å²) in [5.41, 5.74) is 0.0343. The third kappa shape index (κ3) is 4.16. The Balaban J connectivity index is 2.12. The Bertz CT molecular complexity index is 939. The molecule has 0 saturated heterocycles. The predicted molar refractivity (Wildman–Crippen MR) is 91.0 cm³/mol. The summed E-state index contributed by atoms with van der Waals surface area (Å²) in [6.07, 6.45) is 0. The quantitative estimate of drug-likeness (QED) is 0.585. The van der Waals surface area contributed by atoms with E-state index in [0.29, 0.717) is 0 Å². The van der Waals surface area contributed by atoms with Gasteiger partial charge in [-0.2, -0.15) is 0 Å². The minimum atomic E-state index is -3.60. The number of sulfonamides is 1. The van der Waals surface area contributed by atoms with Crippen LogP contribution in [0.1, 0.15) is 15.9 Å². The van der Waals surface area contributed by atoms with E-state index in [9.17, 15) is 28.4 Å². The number of nitrogens with zero attached hydrogens (tertiary/aromatic N) is 2. The van der Waals surface area contributed by atoms with Gasteiger partial charge in [-0.1, -0.05) is 6.07 Å². The Kier molecular flexibility index (Phi) is 5.58. The topological polar surface area (TPSA) is 133 Å². The van der Waals surface area contributed by atoms with Gasteiger partial charge in [-0.3, -0.25) is 14.9 Å². The van der Waals surface area contributed by atoms with Crippen molar-refractivity contribution in [2.24, 2.45) is 0 Å². The van der Waals surface area contributed by atoms with Crippen LogP contribution in [0, 0.1) is 10.1 Å². The van der Waals surface area contributed by atoms with Crippen LogP contribution in [0.25, 0.3) is 0 Å². The molecule has 0 aromatic heterocycles. The van der Waals surface area contributed by atoms with E-state index in [-0.39, 0.29) is 28.3 Å². The average Bonchev–Trinajstić information content (AvgIpc) is 2.60. The van der Waals surface area contributed by atoms with Gasteiger partial charge in [0.15, 0.2) is 0 Å². The number of nitrogens with one attached hydrogen (secondary N) is 1. The fourth-order valence-corrected chi connectivity index (χ4v) is 2.99. The van der Waals surface area contributed by atoms with Gasteiger partial charge in [0.05, 0.1) is 9.82 Å². The van der Waals surface area contributed by atoms with E-state index < -0.39 is 26.6 Å². The zero-order chi connectivity index (χ0) is 19.5. The summed E-state index contributed by atoms with van der Waals surface area (Å²) in [6, 6.07) is 8.56. The molecule has 0 saturated carbocycles. The molecular weight excluding hydrogens is 362 g/mol. The van der Waals surface area contributed by atoms with Gasteiger partial charge in [-0.25, -0.2) is 12.7 Å². The molecule has 0 aliphatic heterocycles. The Labute approximate surface area is 150 Å². The maximum absolute atomic E-state index is 12.1. The first-order valence-corrected chi connectivity index (χ1v) is 8.82. The van der Waals surface area contributed by atoms with Crippen LogP contribution >= 0.6 is 0 Å². The molecule has 26 heavy (non-hydrogen) atoms. The summed E-state index contributed by atoms with van der Waals surface area (Å²) >= 11 is 0. The van der Waals surface area contributed by atoms with E-state index in [2.05, 4.69) is 5.32 Å². The van der Waals surface area contributed by atoms with Crippen molar-refractivity contribution in [3.63, 3.8) is 0 Å². The van der Waals surface area contributed by atoms with Crippen LogP contribution in [0.5, 0.6) is 5.75 Å². The van der Waals surface area contributed by atoms with Crippen LogP contribution < -0.4 is 10.4 Å². The molecule has 9 nitrogen and oxygen atoms in total. The normalized spacial score (nSPS) is 11.3. The Hall–Kier alpha value is -2.98. The summed E-state index contributed by atoms with van der Waals surface area (Å²) in [4.78, 5) is 22.3. The van der Waals surface area contributed by atoms with Crippen molar-refractivity contribution < 1.29 is 23.2 Å². The van der Waals surface area contributed by atoms with Crippen molar-refractivity contribution in [3.05, 3.63) is 63.7 Å². The highest BCUT2D eigenvalue weighted by Crippen LogP contribution is 2.21. The standard InChI is InChI=1S/C16H17N3O6S/c1-18(2)26(24,25)14-6-3-11(4-7-14)16(21)17-10-12-9-13(19(22)23)5-8-15(12)20/h3-9,20H,10H2,1-2H3,(H,17,21)/p-1. The lowest BCUT2D eigenvalue weighted by Crippen LogP contribution is -2.24. The number of nitro benzene ring substituents is 1. The highest BCUT2D eigenvalue weighted by Gasteiger charge is 2.17. The molecule has 2 aromatic carbocycles. The van der Waals surface area contributed by atoms with Gasteiger partial charge in [-0.15, -0.1) is 5.75 Å². The molecule has 1 N–H and O–H groups in total. The van der Waals surface area contributed by atoms with E-state index >= 15 is 0 Å². The van der Waals surface area contributed by atoms with Gasteiger partial charge in [0.2, 0.25) is 10.0 Å². The highest BCUT2D eigenvalue weighted by molar-refractivity contribution is 7.89. The van der Waals surface area contributed by atoms with Gasteiger partial charge in [0.25, 0.3) is 11.6 Å². The predicted octanol–water partition coefficient (Wildman–Crippen LogP) is 0.849. The maximum atomic E-state index is 12.1. The Morgan fingerprint density at radius 1 is 1.15 bits per heavy atom. The number of amides is 1. The minimum Gasteiger partial charge on any atom is -0.872 e. The first kappa shape index (κ1) is 19.3. The third-order valence-electron chi connectivity index (χ3n) is 3.59. The molecule has 1 amide bonds. The van der Waals surface area contributed by atoms with Gasteiger partial charge < -0.3 is 10.4 Å². The van der Waals surface area contributed by atoms with Crippen LogP contribution in [0.2, 0.25) is 0 Å². The molecule has 0 aliphatic carbocycles. The molecule has 0 aliphatic rings. The second-order valence-corrected chi connectivity index (χ2v) is 7.70. The Morgan fingerprint density at radius 3 is 2.31 bits per heavy atom. The number of hydrogen-bond donors (Lipinski definition) is 1. The molecule has 10 heteroatoms. The summed E-state index contributed by atoms with van der Waals surface area (Å²) in [5, 5.41) is 24.9. The summed E-state index contributed by atoms with van der Waals surface area (Å²) < 4.78 is 25.0. The van der Waals surface area contributed by atoms with E-state index in [4.69, 9.17) is 0 Å². The lowest BCUT2D eigenvalue weighted by atomic mass is 10.1. The fraction of sp³-hybridized carbons (Fsp3) is 0.188. The number of carbonyl (C=O) groups excluding carboxylic acids is 1. The van der Waals surface area contributed by atoms with Crippen LogP contribution in [-0.4, -0.2) is 37.6 Å². The van der Waals surface area contributed by atoms with Gasteiger partial charge in [-0.05, 0) is 29.8 Å². The largest absolute Gasteiger partial charge is 0.872 e. The number of benzene rings is 2. The molecule has 0 unspecified atom stereocenters. The van der Waals surface area contributed by atoms with Gasteiger partial charge in [0, 0.05) is 38.3 Å². The molecule has 0 fully saturated rings. The van der Waals surface area contributed by atoms with Crippen LogP contribution in [0.3, 0.4) is 0 Å². The fourth-order valence-electron chi connectivity index (χ4n) is 2.08. The summed E-state index contributed by atoms with van der Waals surface area (Å²) in [6.45, 7) is -0.183. The summed E-state index contributed by atoms with van der Waals surface area (Å²) in [7, 11) is -0.800. The number of non-ortho nitro benzene ring substituents is 1. The van der Waals surface area contributed by atoms with Crippen molar-refractivity contribution in [2.75, 3.05) is 14.1 Å². The molecule has 0 heterocycles. The summed E-state index contributed by atoms with van der Waals surface area (Å²) in [5.74, 6) is -0.965. The molecule has 2 aromatic rings. The van der Waals surface area contributed by atoms with Gasteiger partial charge in [0.1, 0.15) is 0 Å². The van der Waals surface area contributed by atoms with Crippen molar-refractivity contribution in [1.29, 1.82) is 0 Å². The molecule has 0 atom stereocenters. The smallest absolute Gasteiger partial charge is 0.269 e. The van der Waals surface area contributed by atoms with Crippen LogP contribution in [-0.2, 0) is 16.6 Å². The molecule has 0 spiro atoms. The van der Waals surface area contributed by atoms with Crippen molar-refractivity contribution in [3.8, 4) is 5.75 Å². The van der Waals surface area contributed by atoms with Crippen LogP contribution in [0.4, 0.5) is 5.69 Å². The first-order chi connectivity index (χ1) is 12.1. The molecule has 0 bridgehead atoms.